The highest BCUT2D eigenvalue weighted by Crippen LogP contribution is 2.49. The third-order valence-electron chi connectivity index (χ3n) is 7.96. The molecule has 6 rings (SSSR count). The van der Waals surface area contributed by atoms with Gasteiger partial charge in [-0.1, -0.05) is 35.0 Å². The van der Waals surface area contributed by atoms with Gasteiger partial charge in [-0.05, 0) is 67.3 Å². The summed E-state index contributed by atoms with van der Waals surface area (Å²) < 4.78 is 30.3. The number of nitriles is 1. The van der Waals surface area contributed by atoms with Gasteiger partial charge in [0.05, 0.1) is 41.4 Å². The van der Waals surface area contributed by atoms with E-state index < -0.39 is 15.9 Å². The Morgan fingerprint density at radius 2 is 1.90 bits per heavy atom. The fourth-order valence-corrected chi connectivity index (χ4v) is 6.81. The standard InChI is InChI=1S/C31H31BrN4O4S/c1-2-41(38,39)23-8-5-19(6-9-23)26(11-12-33)35-31(37)21-7-10-29-30(15-21)40-14-13-36(29)22-16-27(20-3-4-20)34-28(17-22)24-18-25(24)32/h5-10,15-17,20,24-26H,2-4,11,13-14,18H2,1H3,(H,35,37)/t24?,25?,26-/m0/s1. The van der Waals surface area contributed by atoms with Crippen LogP contribution in [0.1, 0.15) is 77.8 Å². The normalized spacial score (nSPS) is 20.4. The van der Waals surface area contributed by atoms with Crippen LogP contribution in [0.2, 0.25) is 0 Å². The predicted molar refractivity (Wildman–Crippen MR) is 160 cm³/mol. The van der Waals surface area contributed by atoms with Crippen LogP contribution in [0.5, 0.6) is 5.75 Å². The van der Waals surface area contributed by atoms with Crippen molar-refractivity contribution in [2.45, 2.75) is 60.2 Å². The van der Waals surface area contributed by atoms with Crippen molar-refractivity contribution in [3.63, 3.8) is 0 Å². The molecule has 0 radical (unpaired) electrons. The van der Waals surface area contributed by atoms with Crippen molar-refractivity contribution < 1.29 is 17.9 Å². The number of rotatable bonds is 9. The summed E-state index contributed by atoms with van der Waals surface area (Å²) in [6.45, 7) is 2.78. The monoisotopic (exact) mass is 634 g/mol. The molecule has 10 heteroatoms. The summed E-state index contributed by atoms with van der Waals surface area (Å²) in [6, 6.07) is 17.7. The molecule has 3 aromatic rings. The molecule has 0 bridgehead atoms. The van der Waals surface area contributed by atoms with E-state index in [4.69, 9.17) is 9.72 Å². The van der Waals surface area contributed by atoms with Crippen LogP contribution in [-0.2, 0) is 9.84 Å². The van der Waals surface area contributed by atoms with Crippen LogP contribution >= 0.6 is 15.9 Å². The van der Waals surface area contributed by atoms with Gasteiger partial charge < -0.3 is 15.0 Å². The molecule has 2 aliphatic carbocycles. The number of anilines is 2. The van der Waals surface area contributed by atoms with Crippen LogP contribution in [0.15, 0.2) is 59.5 Å². The molecular formula is C31H31BrN4O4S. The molecule has 1 amide bonds. The number of alkyl halides is 1. The number of nitrogens with one attached hydrogen (secondary N) is 1. The maximum Gasteiger partial charge on any atom is 0.251 e. The maximum atomic E-state index is 13.3. The average molecular weight is 636 g/mol. The topological polar surface area (TPSA) is 112 Å². The lowest BCUT2D eigenvalue weighted by Crippen LogP contribution is -2.30. The highest BCUT2D eigenvalue weighted by atomic mass is 79.9. The number of amides is 1. The average Bonchev–Trinajstić information content (AvgIpc) is 3.93. The highest BCUT2D eigenvalue weighted by molar-refractivity contribution is 9.09. The molecule has 212 valence electrons. The highest BCUT2D eigenvalue weighted by Gasteiger charge is 2.39. The third kappa shape index (κ3) is 5.84. The predicted octanol–water partition coefficient (Wildman–Crippen LogP) is 5.92. The van der Waals surface area contributed by atoms with E-state index in [1.54, 1.807) is 31.2 Å². The Morgan fingerprint density at radius 3 is 2.56 bits per heavy atom. The van der Waals surface area contributed by atoms with Crippen molar-refractivity contribution in [1.82, 2.24) is 10.3 Å². The van der Waals surface area contributed by atoms with E-state index >= 15 is 0 Å². The molecule has 2 unspecified atom stereocenters. The fraction of sp³-hybridized carbons (Fsp3) is 0.387. The molecule has 1 aliphatic heterocycles. The summed E-state index contributed by atoms with van der Waals surface area (Å²) >= 11 is 3.73. The number of carbonyl (C=O) groups excluding carboxylic acids is 1. The Morgan fingerprint density at radius 1 is 1.17 bits per heavy atom. The zero-order chi connectivity index (χ0) is 28.7. The zero-order valence-corrected chi connectivity index (χ0v) is 25.1. The molecule has 8 nitrogen and oxygen atoms in total. The first kappa shape index (κ1) is 27.7. The Labute approximate surface area is 248 Å². The molecule has 0 spiro atoms. The second kappa shape index (κ2) is 11.1. The van der Waals surface area contributed by atoms with E-state index in [1.165, 1.54) is 25.0 Å². The molecule has 0 saturated heterocycles. The van der Waals surface area contributed by atoms with Gasteiger partial charge in [0.15, 0.2) is 9.84 Å². The van der Waals surface area contributed by atoms with Gasteiger partial charge in [-0.15, -0.1) is 0 Å². The van der Waals surface area contributed by atoms with E-state index in [1.807, 2.05) is 6.07 Å². The van der Waals surface area contributed by atoms with E-state index in [-0.39, 0.29) is 23.0 Å². The number of pyridine rings is 1. The molecule has 2 heterocycles. The van der Waals surface area contributed by atoms with Crippen LogP contribution in [-0.4, -0.2) is 43.0 Å². The molecule has 3 aliphatic rings. The van der Waals surface area contributed by atoms with Crippen molar-refractivity contribution in [1.29, 1.82) is 5.26 Å². The molecule has 2 aromatic carbocycles. The number of halogens is 1. The number of sulfone groups is 1. The molecule has 2 saturated carbocycles. The van der Waals surface area contributed by atoms with Gasteiger partial charge in [-0.2, -0.15) is 5.26 Å². The van der Waals surface area contributed by atoms with Crippen LogP contribution in [0, 0.1) is 11.3 Å². The van der Waals surface area contributed by atoms with Crippen molar-refractivity contribution in [2.24, 2.45) is 0 Å². The Kier molecular flexibility index (Phi) is 7.51. The summed E-state index contributed by atoms with van der Waals surface area (Å²) in [5.41, 5.74) is 5.40. The lowest BCUT2D eigenvalue weighted by Gasteiger charge is -2.32. The minimum Gasteiger partial charge on any atom is -0.490 e. The van der Waals surface area contributed by atoms with Crippen LogP contribution in [0.4, 0.5) is 11.4 Å². The third-order valence-corrected chi connectivity index (χ3v) is 10.7. The molecule has 2 fully saturated rings. The first-order valence-electron chi connectivity index (χ1n) is 14.0. The summed E-state index contributed by atoms with van der Waals surface area (Å²) in [7, 11) is -3.34. The van der Waals surface area contributed by atoms with Crippen molar-refractivity contribution >= 4 is 43.0 Å². The fourth-order valence-electron chi connectivity index (χ4n) is 5.25. The number of aromatic nitrogens is 1. The van der Waals surface area contributed by atoms with Crippen LogP contribution < -0.4 is 15.0 Å². The van der Waals surface area contributed by atoms with Gasteiger partial charge in [-0.3, -0.25) is 9.78 Å². The number of ether oxygens (including phenoxy) is 1. The molecule has 1 N–H and O–H groups in total. The van der Waals surface area contributed by atoms with Crippen molar-refractivity contribution in [3.8, 4) is 11.8 Å². The Balaban J connectivity index is 1.23. The van der Waals surface area contributed by atoms with Gasteiger partial charge in [0.2, 0.25) is 0 Å². The largest absolute Gasteiger partial charge is 0.490 e. The number of nitrogens with zero attached hydrogens (tertiary/aromatic N) is 3. The van der Waals surface area contributed by atoms with Gasteiger partial charge >= 0.3 is 0 Å². The molecule has 3 atom stereocenters. The van der Waals surface area contributed by atoms with E-state index in [2.05, 4.69) is 44.3 Å². The lowest BCUT2D eigenvalue weighted by atomic mass is 10.0. The summed E-state index contributed by atoms with van der Waals surface area (Å²) in [5, 5.41) is 12.3. The summed E-state index contributed by atoms with van der Waals surface area (Å²) in [6.07, 6.45) is 3.52. The first-order chi connectivity index (χ1) is 19.8. The van der Waals surface area contributed by atoms with E-state index in [9.17, 15) is 18.5 Å². The number of hydrogen-bond acceptors (Lipinski definition) is 7. The SMILES string of the molecule is CCS(=O)(=O)c1ccc([C@H](CC#N)NC(=O)c2ccc3c(c2)OCCN3c2cc(C3CC3)nc(C3CC3Br)c2)cc1. The summed E-state index contributed by atoms with van der Waals surface area (Å²) in [4.78, 5) is 21.2. The van der Waals surface area contributed by atoms with E-state index in [0.717, 1.165) is 29.2 Å². The second-order valence-electron chi connectivity index (χ2n) is 10.9. The minimum absolute atomic E-state index is 0.00434. The Hall–Kier alpha value is -3.42. The smallest absolute Gasteiger partial charge is 0.251 e. The van der Waals surface area contributed by atoms with E-state index in [0.29, 0.717) is 46.7 Å². The first-order valence-corrected chi connectivity index (χ1v) is 16.5. The zero-order valence-electron chi connectivity index (χ0n) is 22.7. The molecular weight excluding hydrogens is 604 g/mol. The second-order valence-corrected chi connectivity index (χ2v) is 14.3. The Bertz CT molecular complexity index is 1630. The van der Waals surface area contributed by atoms with Crippen molar-refractivity contribution in [2.75, 3.05) is 23.8 Å². The lowest BCUT2D eigenvalue weighted by molar-refractivity contribution is 0.0936. The summed E-state index contributed by atoms with van der Waals surface area (Å²) in [5.74, 6) is 1.29. The van der Waals surface area contributed by atoms with Gasteiger partial charge in [-0.25, -0.2) is 8.42 Å². The number of carbonyl (C=O) groups is 1. The van der Waals surface area contributed by atoms with Gasteiger partial charge in [0, 0.05) is 39.3 Å². The molecule has 41 heavy (non-hydrogen) atoms. The number of benzene rings is 2. The quantitative estimate of drug-likeness (QED) is 0.291. The van der Waals surface area contributed by atoms with Crippen LogP contribution in [0.25, 0.3) is 0 Å². The van der Waals surface area contributed by atoms with Gasteiger partial charge in [0.25, 0.3) is 5.91 Å². The van der Waals surface area contributed by atoms with Gasteiger partial charge in [0.1, 0.15) is 12.4 Å². The van der Waals surface area contributed by atoms with Crippen molar-refractivity contribution in [3.05, 3.63) is 77.1 Å². The van der Waals surface area contributed by atoms with Crippen LogP contribution in [0.3, 0.4) is 0 Å². The minimum atomic E-state index is -3.34. The number of fused-ring (bicyclic) bond motifs is 1. The molecule has 1 aromatic heterocycles. The number of hydrogen-bond donors (Lipinski definition) is 1. The maximum absolute atomic E-state index is 13.3.